The monoisotopic (exact) mass is 369 g/mol. The molecule has 1 amide bonds. The fraction of sp³-hybridized carbons (Fsp3) is 0.0870. The number of amides is 1. The number of ether oxygens (including phenoxy) is 1. The number of carbonyl (C=O) groups is 1. The van der Waals surface area contributed by atoms with Gasteiger partial charge in [0.1, 0.15) is 11.4 Å². The van der Waals surface area contributed by atoms with Gasteiger partial charge in [0.15, 0.2) is 0 Å². The first-order chi connectivity index (χ1) is 13.7. The van der Waals surface area contributed by atoms with E-state index in [-0.39, 0.29) is 5.91 Å². The lowest BCUT2D eigenvalue weighted by atomic mass is 10.00. The highest BCUT2D eigenvalue weighted by Crippen LogP contribution is 2.30. The number of benzene rings is 3. The maximum absolute atomic E-state index is 13.4. The number of anilines is 1. The molecule has 0 atom stereocenters. The zero-order chi connectivity index (χ0) is 19.5. The molecule has 1 aromatic heterocycles. The van der Waals surface area contributed by atoms with Gasteiger partial charge in [-0.05, 0) is 31.2 Å². The molecule has 0 aliphatic heterocycles. The van der Waals surface area contributed by atoms with Crippen LogP contribution in [0.4, 0.5) is 5.69 Å². The lowest BCUT2D eigenvalue weighted by molar-refractivity contribution is 0.102. The fourth-order valence-corrected chi connectivity index (χ4v) is 3.18. The van der Waals surface area contributed by atoms with Gasteiger partial charge in [0.25, 0.3) is 5.91 Å². The van der Waals surface area contributed by atoms with Crippen LogP contribution in [0.15, 0.2) is 72.8 Å². The Hall–Kier alpha value is -3.73. The summed E-state index contributed by atoms with van der Waals surface area (Å²) < 4.78 is 5.36. The van der Waals surface area contributed by atoms with E-state index in [1.807, 2.05) is 67.6 Å². The van der Waals surface area contributed by atoms with E-state index in [2.05, 4.69) is 15.5 Å². The van der Waals surface area contributed by atoms with Gasteiger partial charge in [-0.25, -0.2) is 0 Å². The average molecular weight is 369 g/mol. The molecule has 0 fully saturated rings. The van der Waals surface area contributed by atoms with E-state index >= 15 is 0 Å². The summed E-state index contributed by atoms with van der Waals surface area (Å²) in [7, 11) is 1.58. The number of hydrogen-bond acceptors (Lipinski definition) is 4. The van der Waals surface area contributed by atoms with Crippen LogP contribution in [0.3, 0.4) is 0 Å². The molecule has 5 heteroatoms. The Morgan fingerprint density at radius 2 is 1.68 bits per heavy atom. The molecule has 4 rings (SSSR count). The molecule has 28 heavy (non-hydrogen) atoms. The number of nitrogens with zero attached hydrogens (tertiary/aromatic N) is 2. The molecule has 0 saturated carbocycles. The summed E-state index contributed by atoms with van der Waals surface area (Å²) in [4.78, 5) is 13.4. The average Bonchev–Trinajstić information content (AvgIpc) is 2.73. The van der Waals surface area contributed by atoms with Crippen molar-refractivity contribution in [1.29, 1.82) is 0 Å². The zero-order valence-electron chi connectivity index (χ0n) is 15.6. The minimum atomic E-state index is -0.256. The van der Waals surface area contributed by atoms with Crippen LogP contribution in [0.5, 0.6) is 5.75 Å². The minimum Gasteiger partial charge on any atom is -0.495 e. The predicted molar refractivity (Wildman–Crippen MR) is 111 cm³/mol. The number of fused-ring (bicyclic) bond motifs is 1. The van der Waals surface area contributed by atoms with Gasteiger partial charge in [0.05, 0.1) is 23.9 Å². The third-order valence-corrected chi connectivity index (χ3v) is 4.55. The Morgan fingerprint density at radius 1 is 0.929 bits per heavy atom. The molecule has 0 aliphatic rings. The van der Waals surface area contributed by atoms with Gasteiger partial charge < -0.3 is 10.1 Å². The van der Waals surface area contributed by atoms with Crippen LogP contribution in [0.1, 0.15) is 15.9 Å². The maximum Gasteiger partial charge on any atom is 0.258 e. The Bertz CT molecular complexity index is 1160. The fourth-order valence-electron chi connectivity index (χ4n) is 3.18. The van der Waals surface area contributed by atoms with Crippen molar-refractivity contribution < 1.29 is 9.53 Å². The SMILES string of the molecule is COc1ccccc1NC(=O)c1c(-c2ccccc2)nnc2ccc(C)cc12. The first-order valence-corrected chi connectivity index (χ1v) is 8.94. The summed E-state index contributed by atoms with van der Waals surface area (Å²) in [6.07, 6.45) is 0. The van der Waals surface area contributed by atoms with Crippen LogP contribution in [-0.4, -0.2) is 23.2 Å². The topological polar surface area (TPSA) is 64.1 Å². The van der Waals surface area contributed by atoms with Crippen molar-refractivity contribution in [1.82, 2.24) is 10.2 Å². The van der Waals surface area contributed by atoms with Crippen LogP contribution >= 0.6 is 0 Å². The van der Waals surface area contributed by atoms with Crippen LogP contribution in [0, 0.1) is 6.92 Å². The summed E-state index contributed by atoms with van der Waals surface area (Å²) in [5.41, 5.74) is 4.20. The summed E-state index contributed by atoms with van der Waals surface area (Å²) >= 11 is 0. The summed E-state index contributed by atoms with van der Waals surface area (Å²) in [5, 5.41) is 12.4. The van der Waals surface area contributed by atoms with Crippen LogP contribution in [0.25, 0.3) is 22.2 Å². The van der Waals surface area contributed by atoms with Gasteiger partial charge in [-0.1, -0.05) is 54.1 Å². The van der Waals surface area contributed by atoms with Gasteiger partial charge in [-0.3, -0.25) is 4.79 Å². The molecule has 0 saturated heterocycles. The van der Waals surface area contributed by atoms with Crippen molar-refractivity contribution in [2.24, 2.45) is 0 Å². The van der Waals surface area contributed by atoms with Gasteiger partial charge >= 0.3 is 0 Å². The summed E-state index contributed by atoms with van der Waals surface area (Å²) in [6.45, 7) is 1.99. The largest absolute Gasteiger partial charge is 0.495 e. The normalized spacial score (nSPS) is 10.6. The lowest BCUT2D eigenvalue weighted by Crippen LogP contribution is -2.16. The van der Waals surface area contributed by atoms with Crippen molar-refractivity contribution >= 4 is 22.5 Å². The first-order valence-electron chi connectivity index (χ1n) is 8.94. The molecule has 1 heterocycles. The Balaban J connectivity index is 1.90. The predicted octanol–water partition coefficient (Wildman–Crippen LogP) is 4.87. The number of aryl methyl sites for hydroxylation is 1. The number of methoxy groups -OCH3 is 1. The van der Waals surface area contributed by atoms with Gasteiger partial charge in [0, 0.05) is 10.9 Å². The number of para-hydroxylation sites is 2. The van der Waals surface area contributed by atoms with Crippen molar-refractivity contribution in [3.05, 3.63) is 83.9 Å². The van der Waals surface area contributed by atoms with E-state index in [1.165, 1.54) is 0 Å². The number of carbonyl (C=O) groups excluding carboxylic acids is 1. The Morgan fingerprint density at radius 3 is 2.46 bits per heavy atom. The molecule has 0 bridgehead atoms. The van der Waals surface area contributed by atoms with E-state index < -0.39 is 0 Å². The molecular formula is C23H19N3O2. The van der Waals surface area contributed by atoms with E-state index in [4.69, 9.17) is 4.74 Å². The van der Waals surface area contributed by atoms with E-state index in [0.717, 1.165) is 16.5 Å². The highest BCUT2D eigenvalue weighted by Gasteiger charge is 2.20. The van der Waals surface area contributed by atoms with E-state index in [1.54, 1.807) is 19.2 Å². The second-order valence-corrected chi connectivity index (χ2v) is 6.46. The molecule has 0 radical (unpaired) electrons. The van der Waals surface area contributed by atoms with Gasteiger partial charge in [-0.15, -0.1) is 10.2 Å². The second kappa shape index (κ2) is 7.48. The molecule has 0 spiro atoms. The molecule has 3 aromatic carbocycles. The smallest absolute Gasteiger partial charge is 0.258 e. The zero-order valence-corrected chi connectivity index (χ0v) is 15.6. The second-order valence-electron chi connectivity index (χ2n) is 6.46. The third-order valence-electron chi connectivity index (χ3n) is 4.55. The molecular weight excluding hydrogens is 350 g/mol. The van der Waals surface area contributed by atoms with Gasteiger partial charge in [0.2, 0.25) is 0 Å². The highest BCUT2D eigenvalue weighted by molar-refractivity contribution is 6.16. The molecule has 5 nitrogen and oxygen atoms in total. The van der Waals surface area contributed by atoms with Crippen molar-refractivity contribution in [3.8, 4) is 17.0 Å². The highest BCUT2D eigenvalue weighted by atomic mass is 16.5. The quantitative estimate of drug-likeness (QED) is 0.558. The lowest BCUT2D eigenvalue weighted by Gasteiger charge is -2.14. The minimum absolute atomic E-state index is 0.256. The van der Waals surface area contributed by atoms with Crippen molar-refractivity contribution in [2.75, 3.05) is 12.4 Å². The maximum atomic E-state index is 13.4. The molecule has 0 unspecified atom stereocenters. The third kappa shape index (κ3) is 3.30. The standard InChI is InChI=1S/C23H19N3O2/c1-15-12-13-18-17(14-15)21(22(26-25-18)16-8-4-3-5-9-16)23(27)24-19-10-6-7-11-20(19)28-2/h3-14H,1-2H3,(H,24,27). The summed E-state index contributed by atoms with van der Waals surface area (Å²) in [6, 6.07) is 22.7. The molecule has 1 N–H and O–H groups in total. The molecule has 138 valence electrons. The van der Waals surface area contributed by atoms with Crippen LogP contribution in [-0.2, 0) is 0 Å². The van der Waals surface area contributed by atoms with Gasteiger partial charge in [-0.2, -0.15) is 0 Å². The number of rotatable bonds is 4. The Labute approximate surface area is 163 Å². The number of aromatic nitrogens is 2. The van der Waals surface area contributed by atoms with Crippen LogP contribution in [0.2, 0.25) is 0 Å². The number of nitrogens with one attached hydrogen (secondary N) is 1. The van der Waals surface area contributed by atoms with Crippen molar-refractivity contribution in [2.45, 2.75) is 6.92 Å². The Kier molecular flexibility index (Phi) is 4.72. The van der Waals surface area contributed by atoms with E-state index in [0.29, 0.717) is 28.2 Å². The number of hydrogen-bond donors (Lipinski definition) is 1. The van der Waals surface area contributed by atoms with Crippen molar-refractivity contribution in [3.63, 3.8) is 0 Å². The van der Waals surface area contributed by atoms with Crippen LogP contribution < -0.4 is 10.1 Å². The first kappa shape index (κ1) is 17.7. The summed E-state index contributed by atoms with van der Waals surface area (Å²) in [5.74, 6) is 0.341. The molecule has 0 aliphatic carbocycles. The molecule has 4 aromatic rings. The van der Waals surface area contributed by atoms with E-state index in [9.17, 15) is 4.79 Å².